The van der Waals surface area contributed by atoms with Crippen molar-refractivity contribution in [2.24, 2.45) is 11.3 Å². The van der Waals surface area contributed by atoms with Crippen LogP contribution in [0.2, 0.25) is 0 Å². The van der Waals surface area contributed by atoms with E-state index in [1.165, 1.54) is 15.8 Å². The highest BCUT2D eigenvalue weighted by atomic mass is 79.9. The van der Waals surface area contributed by atoms with E-state index in [-0.39, 0.29) is 0 Å². The largest absolute Gasteiger partial charge is 0.311 e. The monoisotopic (exact) mass is 372 g/mol. The zero-order valence-corrected chi connectivity index (χ0v) is 16.4. The molecule has 1 aromatic heterocycles. The number of hydrogen-bond acceptors (Lipinski definition) is 3. The van der Waals surface area contributed by atoms with Gasteiger partial charge < -0.3 is 5.32 Å². The standard InChI is InChI=1S/C17H29BrN2S/c1-12(2)8-13-9-19-16(17(3,4)5)11-20(13)10-15-14(18)6-7-21-15/h6-7,12-13,16,19H,8-11H2,1-5H3. The highest BCUT2D eigenvalue weighted by Gasteiger charge is 2.34. The van der Waals surface area contributed by atoms with Crippen LogP contribution in [0, 0.1) is 11.3 Å². The molecule has 0 aliphatic carbocycles. The number of rotatable bonds is 4. The van der Waals surface area contributed by atoms with Gasteiger partial charge in [0, 0.05) is 41.1 Å². The van der Waals surface area contributed by atoms with Crippen molar-refractivity contribution >= 4 is 27.3 Å². The highest BCUT2D eigenvalue weighted by Crippen LogP contribution is 2.30. The second-order valence-corrected chi connectivity index (χ2v) is 9.59. The van der Waals surface area contributed by atoms with E-state index < -0.39 is 0 Å². The normalized spacial score (nSPS) is 24.7. The molecule has 2 unspecified atom stereocenters. The second kappa shape index (κ2) is 7.12. The van der Waals surface area contributed by atoms with Gasteiger partial charge in [0.25, 0.3) is 0 Å². The van der Waals surface area contributed by atoms with Gasteiger partial charge in [-0.2, -0.15) is 0 Å². The fraction of sp³-hybridized carbons (Fsp3) is 0.765. The molecule has 4 heteroatoms. The predicted octanol–water partition coefficient (Wildman–Crippen LogP) is 4.75. The lowest BCUT2D eigenvalue weighted by Crippen LogP contribution is -2.60. The summed E-state index contributed by atoms with van der Waals surface area (Å²) in [4.78, 5) is 4.15. The first kappa shape index (κ1) is 17.5. The average Bonchev–Trinajstić information content (AvgIpc) is 2.75. The summed E-state index contributed by atoms with van der Waals surface area (Å²) in [6, 6.07) is 3.39. The average molecular weight is 373 g/mol. The number of nitrogens with one attached hydrogen (secondary N) is 1. The molecule has 2 rings (SSSR count). The minimum absolute atomic E-state index is 0.313. The van der Waals surface area contributed by atoms with Gasteiger partial charge in [-0.1, -0.05) is 34.6 Å². The van der Waals surface area contributed by atoms with Gasteiger partial charge in [-0.25, -0.2) is 0 Å². The Kier molecular flexibility index (Phi) is 5.91. The third-order valence-electron chi connectivity index (χ3n) is 4.36. The summed E-state index contributed by atoms with van der Waals surface area (Å²) in [6.45, 7) is 15.0. The van der Waals surface area contributed by atoms with Gasteiger partial charge in [-0.05, 0) is 45.1 Å². The van der Waals surface area contributed by atoms with Crippen molar-refractivity contribution in [2.45, 2.75) is 59.7 Å². The maximum Gasteiger partial charge on any atom is 0.0343 e. The summed E-state index contributed by atoms with van der Waals surface area (Å²) in [5.41, 5.74) is 0.313. The van der Waals surface area contributed by atoms with Crippen LogP contribution in [-0.4, -0.2) is 30.1 Å². The van der Waals surface area contributed by atoms with E-state index in [4.69, 9.17) is 0 Å². The van der Waals surface area contributed by atoms with E-state index >= 15 is 0 Å². The fourth-order valence-electron chi connectivity index (χ4n) is 3.03. The maximum atomic E-state index is 3.79. The number of piperazine rings is 1. The zero-order chi connectivity index (χ0) is 15.6. The summed E-state index contributed by atoms with van der Waals surface area (Å²) < 4.78 is 1.27. The first-order valence-electron chi connectivity index (χ1n) is 7.96. The summed E-state index contributed by atoms with van der Waals surface area (Å²) in [5.74, 6) is 0.747. The SMILES string of the molecule is CC(C)CC1CNC(C(C)(C)C)CN1Cc1sccc1Br. The molecular weight excluding hydrogens is 344 g/mol. The van der Waals surface area contributed by atoms with Crippen LogP contribution >= 0.6 is 27.3 Å². The molecule has 2 atom stereocenters. The van der Waals surface area contributed by atoms with Crippen LogP contribution in [0.4, 0.5) is 0 Å². The lowest BCUT2D eigenvalue weighted by Gasteiger charge is -2.45. The molecule has 0 saturated carbocycles. The Morgan fingerprint density at radius 2 is 2.14 bits per heavy atom. The Balaban J connectivity index is 2.11. The van der Waals surface area contributed by atoms with E-state index in [0.29, 0.717) is 17.5 Å². The molecule has 1 fully saturated rings. The smallest absolute Gasteiger partial charge is 0.0343 e. The van der Waals surface area contributed by atoms with Crippen LogP contribution in [0.3, 0.4) is 0 Å². The molecule has 0 radical (unpaired) electrons. The molecule has 1 aromatic rings. The van der Waals surface area contributed by atoms with Crippen molar-refractivity contribution < 1.29 is 0 Å². The van der Waals surface area contributed by atoms with Crippen LogP contribution in [0.25, 0.3) is 0 Å². The van der Waals surface area contributed by atoms with Gasteiger partial charge in [0.15, 0.2) is 0 Å². The minimum atomic E-state index is 0.313. The summed E-state index contributed by atoms with van der Waals surface area (Å²) in [5, 5.41) is 5.97. The first-order chi connectivity index (χ1) is 9.77. The third-order valence-corrected chi connectivity index (χ3v) is 6.27. The van der Waals surface area contributed by atoms with Crippen LogP contribution in [0.15, 0.2) is 15.9 Å². The Morgan fingerprint density at radius 3 is 2.67 bits per heavy atom. The third kappa shape index (κ3) is 4.78. The van der Waals surface area contributed by atoms with Crippen LogP contribution in [0.1, 0.15) is 45.9 Å². The predicted molar refractivity (Wildman–Crippen MR) is 96.9 cm³/mol. The van der Waals surface area contributed by atoms with Crippen molar-refractivity contribution in [1.29, 1.82) is 0 Å². The molecule has 0 spiro atoms. The van der Waals surface area contributed by atoms with Gasteiger partial charge in [0.05, 0.1) is 0 Å². The molecule has 2 heterocycles. The van der Waals surface area contributed by atoms with Crippen molar-refractivity contribution in [3.63, 3.8) is 0 Å². The molecule has 1 aliphatic rings. The molecule has 0 bridgehead atoms. The Labute approximate surface area is 142 Å². The number of halogens is 1. The molecule has 1 saturated heterocycles. The van der Waals surface area contributed by atoms with Crippen LogP contribution in [-0.2, 0) is 6.54 Å². The van der Waals surface area contributed by atoms with E-state index in [0.717, 1.165) is 25.6 Å². The number of nitrogens with zero attached hydrogens (tertiary/aromatic N) is 1. The van der Waals surface area contributed by atoms with Gasteiger partial charge in [-0.3, -0.25) is 4.90 Å². The van der Waals surface area contributed by atoms with Gasteiger partial charge in [-0.15, -0.1) is 11.3 Å². The lowest BCUT2D eigenvalue weighted by molar-refractivity contribution is 0.0697. The minimum Gasteiger partial charge on any atom is -0.311 e. The molecular formula is C17H29BrN2S. The molecule has 0 amide bonds. The lowest BCUT2D eigenvalue weighted by atomic mass is 9.84. The van der Waals surface area contributed by atoms with Crippen LogP contribution in [0.5, 0.6) is 0 Å². The van der Waals surface area contributed by atoms with E-state index in [1.807, 2.05) is 11.3 Å². The molecule has 21 heavy (non-hydrogen) atoms. The van der Waals surface area contributed by atoms with Crippen molar-refractivity contribution in [2.75, 3.05) is 13.1 Å². The number of hydrogen-bond donors (Lipinski definition) is 1. The van der Waals surface area contributed by atoms with E-state index in [1.54, 1.807) is 0 Å². The second-order valence-electron chi connectivity index (χ2n) is 7.73. The Morgan fingerprint density at radius 1 is 1.43 bits per heavy atom. The van der Waals surface area contributed by atoms with Gasteiger partial charge in [0.1, 0.15) is 0 Å². The van der Waals surface area contributed by atoms with Gasteiger partial charge in [0.2, 0.25) is 0 Å². The van der Waals surface area contributed by atoms with E-state index in [2.05, 4.69) is 72.2 Å². The molecule has 120 valence electrons. The maximum absolute atomic E-state index is 3.79. The highest BCUT2D eigenvalue weighted by molar-refractivity contribution is 9.10. The number of thiophene rings is 1. The van der Waals surface area contributed by atoms with E-state index in [9.17, 15) is 0 Å². The van der Waals surface area contributed by atoms with Crippen molar-refractivity contribution in [1.82, 2.24) is 10.2 Å². The Bertz CT molecular complexity index is 450. The zero-order valence-electron chi connectivity index (χ0n) is 13.9. The molecule has 2 nitrogen and oxygen atoms in total. The summed E-state index contributed by atoms with van der Waals surface area (Å²) in [7, 11) is 0. The summed E-state index contributed by atoms with van der Waals surface area (Å²) >= 11 is 5.55. The fourth-order valence-corrected chi connectivity index (χ4v) is 4.53. The summed E-state index contributed by atoms with van der Waals surface area (Å²) in [6.07, 6.45) is 1.27. The first-order valence-corrected chi connectivity index (χ1v) is 9.64. The quantitative estimate of drug-likeness (QED) is 0.820. The Hall–Kier alpha value is 0.100. The topological polar surface area (TPSA) is 15.3 Å². The van der Waals surface area contributed by atoms with Gasteiger partial charge >= 0.3 is 0 Å². The van der Waals surface area contributed by atoms with Crippen molar-refractivity contribution in [3.8, 4) is 0 Å². The molecule has 1 aliphatic heterocycles. The molecule has 0 aromatic carbocycles. The van der Waals surface area contributed by atoms with Crippen LogP contribution < -0.4 is 5.32 Å². The molecule has 1 N–H and O–H groups in total. The van der Waals surface area contributed by atoms with Crippen molar-refractivity contribution in [3.05, 3.63) is 20.8 Å².